The summed E-state index contributed by atoms with van der Waals surface area (Å²) in [4.78, 5) is 36.6. The van der Waals surface area contributed by atoms with Crippen LogP contribution in [0.3, 0.4) is 0 Å². The van der Waals surface area contributed by atoms with E-state index in [1.807, 2.05) is 17.9 Å². The van der Waals surface area contributed by atoms with Crippen LogP contribution in [0.15, 0.2) is 16.0 Å². The lowest BCUT2D eigenvalue weighted by Crippen LogP contribution is -2.44. The number of rotatable bonds is 4. The molecule has 1 amide bonds. The molecule has 7 heteroatoms. The Bertz CT molecular complexity index is 767. The predicted octanol–water partition coefficient (Wildman–Crippen LogP) is 2.44. The van der Waals surface area contributed by atoms with E-state index in [9.17, 15) is 9.59 Å². The molecule has 0 radical (unpaired) electrons. The van der Waals surface area contributed by atoms with E-state index in [2.05, 4.69) is 21.9 Å². The monoisotopic (exact) mass is 334 g/mol. The van der Waals surface area contributed by atoms with Crippen molar-refractivity contribution in [3.8, 4) is 0 Å². The maximum Gasteiger partial charge on any atom is 0.275 e. The highest BCUT2D eigenvalue weighted by Crippen LogP contribution is 2.22. The number of aromatic amines is 2. The molecule has 3 rings (SSSR count). The molecule has 0 aliphatic carbocycles. The summed E-state index contributed by atoms with van der Waals surface area (Å²) in [6.07, 6.45) is 4.38. The molecule has 124 valence electrons. The normalized spacial score (nSPS) is 18.5. The van der Waals surface area contributed by atoms with E-state index in [-0.39, 0.29) is 11.5 Å². The molecule has 0 aromatic carbocycles. The second kappa shape index (κ2) is 6.78. The van der Waals surface area contributed by atoms with Crippen molar-refractivity contribution in [2.24, 2.45) is 0 Å². The highest BCUT2D eigenvalue weighted by Gasteiger charge is 2.25. The highest BCUT2D eigenvalue weighted by molar-refractivity contribution is 7.99. The van der Waals surface area contributed by atoms with E-state index >= 15 is 0 Å². The lowest BCUT2D eigenvalue weighted by molar-refractivity contribution is -0.132. The molecule has 2 aromatic rings. The van der Waals surface area contributed by atoms with Gasteiger partial charge in [0.2, 0.25) is 5.91 Å². The number of nitrogens with one attached hydrogen (secondary N) is 2. The average Bonchev–Trinajstić information content (AvgIpc) is 2.93. The van der Waals surface area contributed by atoms with Crippen molar-refractivity contribution in [1.29, 1.82) is 0 Å². The number of H-pyrrole nitrogens is 2. The van der Waals surface area contributed by atoms with Crippen LogP contribution in [0.4, 0.5) is 0 Å². The van der Waals surface area contributed by atoms with Gasteiger partial charge in [0.05, 0.1) is 11.3 Å². The first-order chi connectivity index (χ1) is 11.1. The first-order valence-corrected chi connectivity index (χ1v) is 9.09. The molecule has 0 bridgehead atoms. The van der Waals surface area contributed by atoms with Gasteiger partial charge in [-0.15, -0.1) is 0 Å². The van der Waals surface area contributed by atoms with Crippen molar-refractivity contribution in [2.45, 2.75) is 50.7 Å². The molecule has 0 spiro atoms. The van der Waals surface area contributed by atoms with Crippen molar-refractivity contribution in [3.05, 3.63) is 22.1 Å². The first kappa shape index (κ1) is 16.1. The molecule has 3 heterocycles. The van der Waals surface area contributed by atoms with Crippen LogP contribution in [-0.2, 0) is 4.79 Å². The molecule has 1 fully saturated rings. The Hall–Kier alpha value is -1.76. The third-order valence-corrected chi connectivity index (χ3v) is 5.21. The summed E-state index contributed by atoms with van der Waals surface area (Å²) in [6.45, 7) is 4.86. The van der Waals surface area contributed by atoms with Crippen LogP contribution in [0.2, 0.25) is 0 Å². The number of amides is 1. The van der Waals surface area contributed by atoms with E-state index in [1.54, 1.807) is 0 Å². The molecule has 0 saturated carbocycles. The molecular formula is C16H22N4O2S. The van der Waals surface area contributed by atoms with Gasteiger partial charge in [-0.2, -0.15) is 0 Å². The maximum absolute atomic E-state index is 12.5. The van der Waals surface area contributed by atoms with E-state index < -0.39 is 0 Å². The van der Waals surface area contributed by atoms with Crippen LogP contribution in [-0.4, -0.2) is 44.1 Å². The topological polar surface area (TPSA) is 81.8 Å². The zero-order chi connectivity index (χ0) is 16.4. The largest absolute Gasteiger partial charge is 0.353 e. The second-order valence-corrected chi connectivity index (χ2v) is 6.98. The Morgan fingerprint density at radius 2 is 2.26 bits per heavy atom. The van der Waals surface area contributed by atoms with Crippen molar-refractivity contribution in [3.63, 3.8) is 0 Å². The number of aromatic nitrogens is 3. The van der Waals surface area contributed by atoms with Gasteiger partial charge < -0.3 is 9.88 Å². The Morgan fingerprint density at radius 3 is 3.04 bits per heavy atom. The first-order valence-electron chi connectivity index (χ1n) is 8.10. The molecule has 1 saturated heterocycles. The van der Waals surface area contributed by atoms with Crippen molar-refractivity contribution in [1.82, 2.24) is 19.9 Å². The van der Waals surface area contributed by atoms with Gasteiger partial charge in [-0.1, -0.05) is 18.7 Å². The van der Waals surface area contributed by atoms with Gasteiger partial charge in [0.25, 0.3) is 5.56 Å². The molecule has 1 aliphatic rings. The van der Waals surface area contributed by atoms with Gasteiger partial charge in [-0.05, 0) is 38.7 Å². The van der Waals surface area contributed by atoms with Gasteiger partial charge in [-0.25, -0.2) is 4.98 Å². The third kappa shape index (κ3) is 3.44. The number of likely N-dealkylation sites (tertiary alicyclic amines) is 1. The quantitative estimate of drug-likeness (QED) is 0.665. The number of carbonyl (C=O) groups is 1. The zero-order valence-corrected chi connectivity index (χ0v) is 14.3. The molecule has 1 atom stereocenters. The summed E-state index contributed by atoms with van der Waals surface area (Å²) in [7, 11) is 0. The minimum absolute atomic E-state index is 0.134. The number of aryl methyl sites for hydroxylation is 1. The predicted molar refractivity (Wildman–Crippen MR) is 91.8 cm³/mol. The van der Waals surface area contributed by atoms with Crippen molar-refractivity contribution < 1.29 is 4.79 Å². The van der Waals surface area contributed by atoms with E-state index in [1.165, 1.54) is 18.2 Å². The standard InChI is InChI=1S/C16H22N4O2S/c1-3-11-6-4-5-7-20(11)13(21)9-23-16-18-12-8-10(2)17-14(12)15(22)19-16/h8,11,17H,3-7,9H2,1-2H3,(H,18,19,22)/t11-/m0/s1. The molecule has 23 heavy (non-hydrogen) atoms. The fourth-order valence-corrected chi connectivity index (χ4v) is 3.92. The Morgan fingerprint density at radius 1 is 1.43 bits per heavy atom. The van der Waals surface area contributed by atoms with Gasteiger partial charge in [0.1, 0.15) is 5.52 Å². The minimum Gasteiger partial charge on any atom is -0.353 e. The Balaban J connectivity index is 1.70. The molecular weight excluding hydrogens is 312 g/mol. The van der Waals surface area contributed by atoms with Crippen molar-refractivity contribution in [2.75, 3.05) is 12.3 Å². The van der Waals surface area contributed by atoms with Crippen LogP contribution < -0.4 is 5.56 Å². The summed E-state index contributed by atoms with van der Waals surface area (Å²) in [6, 6.07) is 2.20. The van der Waals surface area contributed by atoms with E-state index in [0.717, 1.165) is 31.5 Å². The Kier molecular flexibility index (Phi) is 4.75. The summed E-state index contributed by atoms with van der Waals surface area (Å²) < 4.78 is 0. The number of thioether (sulfide) groups is 1. The van der Waals surface area contributed by atoms with Gasteiger partial charge in [0.15, 0.2) is 5.16 Å². The van der Waals surface area contributed by atoms with E-state index in [0.29, 0.717) is 28.0 Å². The smallest absolute Gasteiger partial charge is 0.275 e. The lowest BCUT2D eigenvalue weighted by atomic mass is 10.0. The number of nitrogens with zero attached hydrogens (tertiary/aromatic N) is 2. The van der Waals surface area contributed by atoms with Crippen molar-refractivity contribution >= 4 is 28.7 Å². The number of hydrogen-bond donors (Lipinski definition) is 2. The molecule has 1 aliphatic heterocycles. The third-order valence-electron chi connectivity index (χ3n) is 4.35. The van der Waals surface area contributed by atoms with Crippen LogP contribution in [0.1, 0.15) is 38.3 Å². The fraction of sp³-hybridized carbons (Fsp3) is 0.562. The van der Waals surface area contributed by atoms with Crippen LogP contribution >= 0.6 is 11.8 Å². The number of piperidine rings is 1. The van der Waals surface area contributed by atoms with Crippen LogP contribution in [0, 0.1) is 6.92 Å². The summed E-state index contributed by atoms with van der Waals surface area (Å²) in [5.41, 5.74) is 1.84. The number of carbonyl (C=O) groups excluding carboxylic acids is 1. The summed E-state index contributed by atoms with van der Waals surface area (Å²) in [5, 5.41) is 0.500. The highest BCUT2D eigenvalue weighted by atomic mass is 32.2. The second-order valence-electron chi connectivity index (χ2n) is 6.02. The van der Waals surface area contributed by atoms with E-state index in [4.69, 9.17) is 0 Å². The molecule has 6 nitrogen and oxygen atoms in total. The minimum atomic E-state index is -0.192. The number of fused-ring (bicyclic) bond motifs is 1. The zero-order valence-electron chi connectivity index (χ0n) is 13.5. The van der Waals surface area contributed by atoms with Crippen LogP contribution in [0.5, 0.6) is 0 Å². The molecule has 0 unspecified atom stereocenters. The van der Waals surface area contributed by atoms with Gasteiger partial charge in [-0.3, -0.25) is 14.6 Å². The van der Waals surface area contributed by atoms with Gasteiger partial charge >= 0.3 is 0 Å². The summed E-state index contributed by atoms with van der Waals surface area (Å²) >= 11 is 1.30. The fourth-order valence-electron chi connectivity index (χ4n) is 3.17. The SMILES string of the molecule is CC[C@H]1CCCCN1C(=O)CSc1nc2cc(C)[nH]c2c(=O)[nH]1. The van der Waals surface area contributed by atoms with Gasteiger partial charge in [0, 0.05) is 18.3 Å². The molecule has 2 N–H and O–H groups in total. The molecule has 2 aromatic heterocycles. The lowest BCUT2D eigenvalue weighted by Gasteiger charge is -2.35. The number of hydrogen-bond acceptors (Lipinski definition) is 4. The summed E-state index contributed by atoms with van der Waals surface area (Å²) in [5.74, 6) is 0.448. The maximum atomic E-state index is 12.5. The van der Waals surface area contributed by atoms with Crippen LogP contribution in [0.25, 0.3) is 11.0 Å². The Labute approximate surface area is 139 Å². The average molecular weight is 334 g/mol.